The van der Waals surface area contributed by atoms with E-state index in [0.29, 0.717) is 6.61 Å². The number of halogens is 2. The Bertz CT molecular complexity index is 601. The average molecular weight is 400 g/mol. The van der Waals surface area contributed by atoms with Crippen LogP contribution in [0.5, 0.6) is 11.5 Å². The zero-order valence-corrected chi connectivity index (χ0v) is 14.8. The molecule has 2 aromatic rings. The van der Waals surface area contributed by atoms with Gasteiger partial charge in [0.2, 0.25) is 0 Å². The third kappa shape index (κ3) is 3.55. The molecule has 0 radical (unpaired) electrons. The van der Waals surface area contributed by atoms with Crippen molar-refractivity contribution >= 4 is 31.9 Å². The molecule has 0 aliphatic heterocycles. The van der Waals surface area contributed by atoms with Crippen LogP contribution < -0.4 is 9.47 Å². The Balaban J connectivity index is 2.18. The lowest BCUT2D eigenvalue weighted by Crippen LogP contribution is -1.99. The number of hydrogen-bond acceptors (Lipinski definition) is 2. The quantitative estimate of drug-likeness (QED) is 0.683. The van der Waals surface area contributed by atoms with Crippen molar-refractivity contribution in [1.29, 1.82) is 0 Å². The molecule has 0 bridgehead atoms. The van der Waals surface area contributed by atoms with Gasteiger partial charge in [-0.05, 0) is 55.3 Å². The Kier molecular flexibility index (Phi) is 5.11. The number of aryl methyl sites for hydroxylation is 2. The molecule has 0 saturated carbocycles. The van der Waals surface area contributed by atoms with E-state index in [2.05, 4.69) is 45.7 Å². The highest BCUT2D eigenvalue weighted by molar-refractivity contribution is 9.10. The summed E-state index contributed by atoms with van der Waals surface area (Å²) in [5.41, 5.74) is 3.35. The van der Waals surface area contributed by atoms with Gasteiger partial charge in [-0.25, -0.2) is 0 Å². The summed E-state index contributed by atoms with van der Waals surface area (Å²) in [6.07, 6.45) is 0. The number of methoxy groups -OCH3 is 1. The van der Waals surface area contributed by atoms with Crippen molar-refractivity contribution in [3.05, 3.63) is 56.0 Å². The van der Waals surface area contributed by atoms with Gasteiger partial charge in [-0.3, -0.25) is 0 Å². The molecule has 4 heteroatoms. The van der Waals surface area contributed by atoms with Crippen LogP contribution in [-0.4, -0.2) is 7.11 Å². The minimum absolute atomic E-state index is 0.475. The monoisotopic (exact) mass is 398 g/mol. The molecule has 0 fully saturated rings. The van der Waals surface area contributed by atoms with Gasteiger partial charge in [0.25, 0.3) is 0 Å². The van der Waals surface area contributed by atoms with Crippen LogP contribution in [0.25, 0.3) is 0 Å². The normalized spacial score (nSPS) is 10.4. The van der Waals surface area contributed by atoms with E-state index in [1.54, 1.807) is 7.11 Å². The lowest BCUT2D eigenvalue weighted by atomic mass is 10.1. The summed E-state index contributed by atoms with van der Waals surface area (Å²) in [5.74, 6) is 1.70. The zero-order valence-electron chi connectivity index (χ0n) is 11.7. The first kappa shape index (κ1) is 15.4. The van der Waals surface area contributed by atoms with Crippen molar-refractivity contribution in [3.63, 3.8) is 0 Å². The predicted octanol–water partition coefficient (Wildman–Crippen LogP) is 5.42. The maximum atomic E-state index is 5.88. The van der Waals surface area contributed by atoms with Crippen molar-refractivity contribution in [2.45, 2.75) is 20.5 Å². The zero-order chi connectivity index (χ0) is 14.7. The van der Waals surface area contributed by atoms with Gasteiger partial charge in [0.15, 0.2) is 0 Å². The fraction of sp³-hybridized carbons (Fsp3) is 0.250. The summed E-state index contributed by atoms with van der Waals surface area (Å²) in [5, 5.41) is 0. The smallest absolute Gasteiger partial charge is 0.125 e. The highest BCUT2D eigenvalue weighted by Crippen LogP contribution is 2.28. The number of hydrogen-bond donors (Lipinski definition) is 0. The molecule has 0 N–H and O–H groups in total. The number of ether oxygens (including phenoxy) is 2. The molecule has 0 aromatic heterocycles. The Morgan fingerprint density at radius 2 is 1.65 bits per heavy atom. The van der Waals surface area contributed by atoms with Crippen LogP contribution in [0.3, 0.4) is 0 Å². The molecule has 0 atom stereocenters. The number of benzene rings is 2. The van der Waals surface area contributed by atoms with E-state index in [9.17, 15) is 0 Å². The van der Waals surface area contributed by atoms with Crippen molar-refractivity contribution in [2.75, 3.05) is 7.11 Å². The summed E-state index contributed by atoms with van der Waals surface area (Å²) >= 11 is 7.03. The van der Waals surface area contributed by atoms with Crippen molar-refractivity contribution < 1.29 is 9.47 Å². The van der Waals surface area contributed by atoms with E-state index in [1.807, 2.05) is 30.3 Å². The fourth-order valence-electron chi connectivity index (χ4n) is 2.01. The molecule has 2 aromatic carbocycles. The van der Waals surface area contributed by atoms with Crippen molar-refractivity contribution in [3.8, 4) is 11.5 Å². The molecule has 0 unspecified atom stereocenters. The minimum Gasteiger partial charge on any atom is -0.496 e. The van der Waals surface area contributed by atoms with Crippen LogP contribution in [0.2, 0.25) is 0 Å². The van der Waals surface area contributed by atoms with Crippen LogP contribution >= 0.6 is 31.9 Å². The van der Waals surface area contributed by atoms with E-state index >= 15 is 0 Å². The van der Waals surface area contributed by atoms with Crippen LogP contribution in [-0.2, 0) is 6.61 Å². The summed E-state index contributed by atoms with van der Waals surface area (Å²) in [4.78, 5) is 0. The molecule has 0 spiro atoms. The van der Waals surface area contributed by atoms with Crippen LogP contribution in [0.15, 0.2) is 39.3 Å². The summed E-state index contributed by atoms with van der Waals surface area (Å²) < 4.78 is 13.4. The first-order valence-corrected chi connectivity index (χ1v) is 7.82. The van der Waals surface area contributed by atoms with Gasteiger partial charge in [0.05, 0.1) is 7.11 Å². The Morgan fingerprint density at radius 3 is 2.25 bits per heavy atom. The topological polar surface area (TPSA) is 18.5 Å². The molecule has 0 heterocycles. The second-order valence-corrected chi connectivity index (χ2v) is 6.32. The van der Waals surface area contributed by atoms with Crippen LogP contribution in [0.1, 0.15) is 16.7 Å². The maximum Gasteiger partial charge on any atom is 0.125 e. The highest BCUT2D eigenvalue weighted by atomic mass is 79.9. The van der Waals surface area contributed by atoms with Gasteiger partial charge in [-0.2, -0.15) is 0 Å². The SMILES string of the molecule is COc1ccc(Br)cc1COc1cc(C)c(Br)c(C)c1. The molecular formula is C16H16Br2O2. The first-order valence-electron chi connectivity index (χ1n) is 6.23. The molecule has 106 valence electrons. The van der Waals surface area contributed by atoms with Gasteiger partial charge in [-0.1, -0.05) is 31.9 Å². The molecular weight excluding hydrogens is 384 g/mol. The summed E-state index contributed by atoms with van der Waals surface area (Å²) in [6, 6.07) is 9.96. The average Bonchev–Trinajstić information content (AvgIpc) is 2.42. The van der Waals surface area contributed by atoms with E-state index in [1.165, 1.54) is 11.1 Å². The van der Waals surface area contributed by atoms with E-state index in [4.69, 9.17) is 9.47 Å². The Labute approximate surface area is 136 Å². The molecule has 2 rings (SSSR count). The predicted molar refractivity (Wildman–Crippen MR) is 88.6 cm³/mol. The van der Waals surface area contributed by atoms with Gasteiger partial charge < -0.3 is 9.47 Å². The largest absolute Gasteiger partial charge is 0.496 e. The van der Waals surface area contributed by atoms with Gasteiger partial charge >= 0.3 is 0 Å². The standard InChI is InChI=1S/C16H16Br2O2/c1-10-6-14(7-11(2)16(10)18)20-9-12-8-13(17)4-5-15(12)19-3/h4-8H,9H2,1-3H3. The van der Waals surface area contributed by atoms with Gasteiger partial charge in [0.1, 0.15) is 18.1 Å². The van der Waals surface area contributed by atoms with Crippen molar-refractivity contribution in [2.24, 2.45) is 0 Å². The molecule has 0 saturated heterocycles. The van der Waals surface area contributed by atoms with Crippen LogP contribution in [0, 0.1) is 13.8 Å². The lowest BCUT2D eigenvalue weighted by Gasteiger charge is -2.12. The molecule has 20 heavy (non-hydrogen) atoms. The fourth-order valence-corrected chi connectivity index (χ4v) is 2.65. The van der Waals surface area contributed by atoms with Gasteiger partial charge in [0, 0.05) is 14.5 Å². The molecule has 0 aliphatic carbocycles. The Morgan fingerprint density at radius 1 is 1.00 bits per heavy atom. The van der Waals surface area contributed by atoms with Gasteiger partial charge in [-0.15, -0.1) is 0 Å². The van der Waals surface area contributed by atoms with E-state index in [0.717, 1.165) is 26.0 Å². The number of rotatable bonds is 4. The third-order valence-electron chi connectivity index (χ3n) is 3.05. The van der Waals surface area contributed by atoms with Crippen molar-refractivity contribution in [1.82, 2.24) is 0 Å². The minimum atomic E-state index is 0.475. The van der Waals surface area contributed by atoms with Crippen LogP contribution in [0.4, 0.5) is 0 Å². The second kappa shape index (κ2) is 6.64. The highest BCUT2D eigenvalue weighted by Gasteiger charge is 2.07. The molecule has 2 nitrogen and oxygen atoms in total. The van der Waals surface area contributed by atoms with E-state index < -0.39 is 0 Å². The second-order valence-electron chi connectivity index (χ2n) is 4.62. The maximum absolute atomic E-state index is 5.88. The molecule has 0 amide bonds. The summed E-state index contributed by atoms with van der Waals surface area (Å²) in [6.45, 7) is 4.59. The molecule has 0 aliphatic rings. The third-order valence-corrected chi connectivity index (χ3v) is 4.79. The lowest BCUT2D eigenvalue weighted by molar-refractivity contribution is 0.296. The Hall–Kier alpha value is -1.00. The summed E-state index contributed by atoms with van der Waals surface area (Å²) in [7, 11) is 1.67. The first-order chi connectivity index (χ1) is 9.51. The van der Waals surface area contributed by atoms with E-state index in [-0.39, 0.29) is 0 Å².